The third-order valence-corrected chi connectivity index (χ3v) is 12.7. The maximum atomic E-state index is 14.8. The molecule has 1 amide bonds. The number of carbonyl (C=O) groups is 1. The zero-order valence-corrected chi connectivity index (χ0v) is 26.5. The number of nitrogens with zero attached hydrogens (tertiary/aromatic N) is 1. The first-order valence-corrected chi connectivity index (χ1v) is 17.0. The molecule has 4 aliphatic rings. The van der Waals surface area contributed by atoms with E-state index in [1.807, 2.05) is 12.1 Å². The summed E-state index contributed by atoms with van der Waals surface area (Å²) < 4.78 is 21.3. The van der Waals surface area contributed by atoms with E-state index in [1.54, 1.807) is 24.3 Å². The number of aromatic amines is 1. The van der Waals surface area contributed by atoms with Crippen molar-refractivity contribution in [1.29, 1.82) is 0 Å². The molecule has 4 fully saturated rings. The molecule has 0 spiro atoms. The summed E-state index contributed by atoms with van der Waals surface area (Å²) in [4.78, 5) is 25.2. The largest absolute Gasteiger partial charge is 0.393 e. The fraction of sp³-hybridized carbons (Fsp3) is 0.595. The topological polar surface area (TPSA) is 104 Å². The zero-order chi connectivity index (χ0) is 31.3. The van der Waals surface area contributed by atoms with Crippen molar-refractivity contribution in [2.45, 2.75) is 90.3 Å². The van der Waals surface area contributed by atoms with Crippen LogP contribution in [0, 0.1) is 40.3 Å². The van der Waals surface area contributed by atoms with Gasteiger partial charge >= 0.3 is 0 Å². The molecule has 3 aromatic rings. The van der Waals surface area contributed by atoms with E-state index in [1.165, 1.54) is 38.2 Å². The lowest BCUT2D eigenvalue weighted by Crippen LogP contribution is -2.54. The monoisotopic (exact) mass is 615 g/mol. The third-order valence-electron chi connectivity index (χ3n) is 12.7. The van der Waals surface area contributed by atoms with Gasteiger partial charge in [-0.05, 0) is 116 Å². The second-order valence-corrected chi connectivity index (χ2v) is 14.9. The number of carbonyl (C=O) groups excluding carboxylic acids is 1. The van der Waals surface area contributed by atoms with Crippen molar-refractivity contribution in [3.8, 4) is 0 Å². The number of benzene rings is 2. The summed E-state index contributed by atoms with van der Waals surface area (Å²) in [6.45, 7) is 5.68. The average molecular weight is 616 g/mol. The van der Waals surface area contributed by atoms with Crippen molar-refractivity contribution in [2.24, 2.45) is 34.5 Å². The molecular formula is C37H46FN3O4. The standard InChI is InChI=1S/C37H46FN3O4/c1-36-15-13-24(42)21-23(36)8-9-27-29-10-12-33(37(29,2)16-14-30(27)36)45-18-17-39-34(43)28-19-22(7-11-31(28)38)20-32-25-5-3-4-6-26(25)35(44)41-40-32/h3-7,11,19,23-24,27,29-30,33,42H,8-10,12-18,20-21H2,1-2H3,(H,39,43)(H,41,44)/t23-,24-,27-,29-,30-,33-,36-,37-/m0/s1. The van der Waals surface area contributed by atoms with E-state index < -0.39 is 11.7 Å². The van der Waals surface area contributed by atoms with Crippen LogP contribution in [0.15, 0.2) is 47.3 Å². The van der Waals surface area contributed by atoms with E-state index in [0.29, 0.717) is 47.9 Å². The molecule has 7 nitrogen and oxygen atoms in total. The van der Waals surface area contributed by atoms with Gasteiger partial charge in [-0.25, -0.2) is 9.49 Å². The number of fused-ring (bicyclic) bond motifs is 6. The average Bonchev–Trinajstić information content (AvgIpc) is 3.38. The fourth-order valence-corrected chi connectivity index (χ4v) is 10.3. The molecule has 7 rings (SSSR count). The minimum absolute atomic E-state index is 0.00762. The maximum Gasteiger partial charge on any atom is 0.272 e. The van der Waals surface area contributed by atoms with Gasteiger partial charge in [-0.1, -0.05) is 38.1 Å². The Morgan fingerprint density at radius 1 is 1.02 bits per heavy atom. The predicted octanol–water partition coefficient (Wildman–Crippen LogP) is 6.17. The van der Waals surface area contributed by atoms with Crippen LogP contribution in [0.1, 0.15) is 93.3 Å². The first-order chi connectivity index (χ1) is 21.7. The molecule has 4 aliphatic carbocycles. The highest BCUT2D eigenvalue weighted by Crippen LogP contribution is 2.66. The number of aliphatic hydroxyl groups is 1. The van der Waals surface area contributed by atoms with Gasteiger partial charge in [0.15, 0.2) is 0 Å². The van der Waals surface area contributed by atoms with Crippen LogP contribution in [0.25, 0.3) is 10.8 Å². The van der Waals surface area contributed by atoms with Gasteiger partial charge < -0.3 is 15.2 Å². The van der Waals surface area contributed by atoms with Crippen LogP contribution in [0.2, 0.25) is 0 Å². The second kappa shape index (κ2) is 11.9. The van der Waals surface area contributed by atoms with Crippen LogP contribution in [0.4, 0.5) is 4.39 Å². The summed E-state index contributed by atoms with van der Waals surface area (Å²) >= 11 is 0. The van der Waals surface area contributed by atoms with Gasteiger partial charge in [-0.15, -0.1) is 0 Å². The highest BCUT2D eigenvalue weighted by Gasteiger charge is 2.60. The third kappa shape index (κ3) is 5.42. The highest BCUT2D eigenvalue weighted by atomic mass is 19.1. The van der Waals surface area contributed by atoms with Gasteiger partial charge in [0.25, 0.3) is 11.5 Å². The number of rotatable bonds is 7. The summed E-state index contributed by atoms with van der Waals surface area (Å²) in [6, 6.07) is 11.8. The minimum atomic E-state index is -0.574. The molecule has 0 aliphatic heterocycles. The van der Waals surface area contributed by atoms with Crippen molar-refractivity contribution in [3.05, 3.63) is 75.5 Å². The molecule has 0 unspecified atom stereocenters. The van der Waals surface area contributed by atoms with Gasteiger partial charge in [0, 0.05) is 18.4 Å². The second-order valence-electron chi connectivity index (χ2n) is 14.9. The number of hydrogen-bond donors (Lipinski definition) is 3. The summed E-state index contributed by atoms with van der Waals surface area (Å²) in [5, 5.41) is 21.2. The number of aromatic nitrogens is 2. The minimum Gasteiger partial charge on any atom is -0.393 e. The Kier molecular flexibility index (Phi) is 8.09. The van der Waals surface area contributed by atoms with Crippen LogP contribution in [-0.2, 0) is 11.2 Å². The van der Waals surface area contributed by atoms with Crippen molar-refractivity contribution in [3.63, 3.8) is 0 Å². The maximum absolute atomic E-state index is 14.8. The molecule has 0 bridgehead atoms. The smallest absolute Gasteiger partial charge is 0.272 e. The number of amides is 1. The van der Waals surface area contributed by atoms with E-state index in [4.69, 9.17) is 4.74 Å². The van der Waals surface area contributed by atoms with Gasteiger partial charge in [0.05, 0.1) is 35.5 Å². The van der Waals surface area contributed by atoms with Gasteiger partial charge in [0.2, 0.25) is 0 Å². The molecule has 8 heteroatoms. The Bertz CT molecular complexity index is 1640. The quantitative estimate of drug-likeness (QED) is 0.276. The number of H-pyrrole nitrogens is 1. The van der Waals surface area contributed by atoms with E-state index in [9.17, 15) is 19.1 Å². The molecule has 0 saturated heterocycles. The molecular weight excluding hydrogens is 569 g/mol. The summed E-state index contributed by atoms with van der Waals surface area (Å²) in [5.74, 6) is 1.80. The van der Waals surface area contributed by atoms with Crippen molar-refractivity contribution < 1.29 is 19.0 Å². The lowest BCUT2D eigenvalue weighted by atomic mass is 9.45. The van der Waals surface area contributed by atoms with E-state index >= 15 is 0 Å². The zero-order valence-electron chi connectivity index (χ0n) is 26.5. The molecule has 240 valence electrons. The van der Waals surface area contributed by atoms with Gasteiger partial charge in [-0.3, -0.25) is 9.59 Å². The van der Waals surface area contributed by atoms with Crippen LogP contribution in [0.3, 0.4) is 0 Å². The lowest BCUT2D eigenvalue weighted by Gasteiger charge is -2.60. The Balaban J connectivity index is 0.953. The number of nitrogens with one attached hydrogen (secondary N) is 2. The fourth-order valence-electron chi connectivity index (χ4n) is 10.3. The van der Waals surface area contributed by atoms with Crippen molar-refractivity contribution in [2.75, 3.05) is 13.2 Å². The Morgan fingerprint density at radius 3 is 2.64 bits per heavy atom. The molecule has 2 aromatic carbocycles. The Hall–Kier alpha value is -3.10. The number of aliphatic hydroxyl groups excluding tert-OH is 1. The van der Waals surface area contributed by atoms with Crippen molar-refractivity contribution >= 4 is 16.7 Å². The summed E-state index contributed by atoms with van der Waals surface area (Å²) in [5.41, 5.74) is 1.65. The SMILES string of the molecule is C[C@]12CC[C@H](O)C[C@@H]1CC[C@@H]1[C@@H]2CC[C@]2(C)[C@@H](OCCNC(=O)c3cc(Cc4n[nH]c(=O)c5ccccc45)ccc3F)CC[C@@H]12. The van der Waals surface area contributed by atoms with Crippen LogP contribution >= 0.6 is 0 Å². The normalized spacial score (nSPS) is 34.1. The highest BCUT2D eigenvalue weighted by molar-refractivity contribution is 5.94. The first kappa shape index (κ1) is 30.5. The van der Waals surface area contributed by atoms with E-state index in [-0.39, 0.29) is 28.7 Å². The molecule has 0 radical (unpaired) electrons. The first-order valence-electron chi connectivity index (χ1n) is 17.0. The van der Waals surface area contributed by atoms with Crippen LogP contribution < -0.4 is 10.9 Å². The van der Waals surface area contributed by atoms with Crippen molar-refractivity contribution in [1.82, 2.24) is 15.5 Å². The molecule has 4 saturated carbocycles. The summed E-state index contributed by atoms with van der Waals surface area (Å²) in [6.07, 6.45) is 10.7. The molecule has 1 heterocycles. The number of halogens is 1. The Morgan fingerprint density at radius 2 is 1.80 bits per heavy atom. The van der Waals surface area contributed by atoms with Crippen LogP contribution in [-0.4, -0.2) is 46.6 Å². The number of hydrogen-bond acceptors (Lipinski definition) is 5. The van der Waals surface area contributed by atoms with E-state index in [2.05, 4.69) is 29.4 Å². The molecule has 1 aromatic heterocycles. The summed E-state index contributed by atoms with van der Waals surface area (Å²) in [7, 11) is 0. The molecule has 45 heavy (non-hydrogen) atoms. The van der Waals surface area contributed by atoms with Gasteiger partial charge in [-0.2, -0.15) is 5.10 Å². The Labute approximate surface area is 264 Å². The van der Waals surface area contributed by atoms with Crippen LogP contribution in [0.5, 0.6) is 0 Å². The molecule has 3 N–H and O–H groups in total. The predicted molar refractivity (Wildman–Crippen MR) is 171 cm³/mol. The molecule has 8 atom stereocenters. The lowest BCUT2D eigenvalue weighted by molar-refractivity contribution is -0.140. The number of ether oxygens (including phenoxy) is 1. The van der Waals surface area contributed by atoms with Gasteiger partial charge in [0.1, 0.15) is 5.82 Å². The van der Waals surface area contributed by atoms with E-state index in [0.717, 1.165) is 48.5 Å².